The van der Waals surface area contributed by atoms with Gasteiger partial charge in [0.15, 0.2) is 11.4 Å². The predicted molar refractivity (Wildman–Crippen MR) is 76.1 cm³/mol. The number of aromatic nitrogens is 3. The summed E-state index contributed by atoms with van der Waals surface area (Å²) < 4.78 is 13.1. The zero-order valence-electron chi connectivity index (χ0n) is 12.1. The Bertz CT molecular complexity index is 365. The first-order valence-corrected chi connectivity index (χ1v) is 7.62. The molecule has 0 bridgehead atoms. The molecule has 0 amide bonds. The van der Waals surface area contributed by atoms with Crippen molar-refractivity contribution in [3.05, 3.63) is 5.82 Å². The van der Waals surface area contributed by atoms with Gasteiger partial charge in [-0.25, -0.2) is 0 Å². The second kappa shape index (κ2) is 8.52. The maximum Gasteiger partial charge on any atom is 0.191 e. The van der Waals surface area contributed by atoms with Gasteiger partial charge in [0.1, 0.15) is 5.82 Å². The third-order valence-electron chi connectivity index (χ3n) is 2.49. The zero-order chi connectivity index (χ0) is 14.3. The summed E-state index contributed by atoms with van der Waals surface area (Å²) in [5.41, 5.74) is 5.67. The average Bonchev–Trinajstić information content (AvgIpc) is 2.79. The van der Waals surface area contributed by atoms with E-state index in [4.69, 9.17) is 15.2 Å². The second-order valence-electron chi connectivity index (χ2n) is 4.22. The Labute approximate surface area is 119 Å². The van der Waals surface area contributed by atoms with Crippen molar-refractivity contribution in [2.24, 2.45) is 5.73 Å². The smallest absolute Gasteiger partial charge is 0.191 e. The van der Waals surface area contributed by atoms with Crippen LogP contribution in [0.3, 0.4) is 0 Å². The molecule has 1 rings (SSSR count). The van der Waals surface area contributed by atoms with Crippen molar-refractivity contribution in [3.8, 4) is 0 Å². The summed E-state index contributed by atoms with van der Waals surface area (Å²) in [7, 11) is 0. The molecule has 1 heterocycles. The molecular weight excluding hydrogens is 264 g/mol. The molecule has 0 atom stereocenters. The Hall–Kier alpha value is -0.630. The fraction of sp³-hybridized carbons (Fsp3) is 0.833. The lowest BCUT2D eigenvalue weighted by Crippen LogP contribution is -2.20. The van der Waals surface area contributed by atoms with Gasteiger partial charge < -0.3 is 19.8 Å². The molecule has 0 radical (unpaired) electrons. The van der Waals surface area contributed by atoms with Gasteiger partial charge in [0.05, 0.1) is 12.3 Å². The topological polar surface area (TPSA) is 75.2 Å². The number of hydrogen-bond acceptors (Lipinski definition) is 6. The van der Waals surface area contributed by atoms with Crippen LogP contribution in [0, 0.1) is 0 Å². The first kappa shape index (κ1) is 16.4. The Morgan fingerprint density at radius 2 is 1.84 bits per heavy atom. The molecule has 1 aromatic heterocycles. The van der Waals surface area contributed by atoms with Gasteiger partial charge in [-0.1, -0.05) is 11.8 Å². The molecule has 7 heteroatoms. The van der Waals surface area contributed by atoms with Gasteiger partial charge >= 0.3 is 0 Å². The molecule has 0 saturated heterocycles. The first-order valence-electron chi connectivity index (χ1n) is 6.63. The lowest BCUT2D eigenvalue weighted by molar-refractivity contribution is -0.120. The highest BCUT2D eigenvalue weighted by atomic mass is 32.2. The summed E-state index contributed by atoms with van der Waals surface area (Å²) in [6.07, 6.45) is -0.210. The van der Waals surface area contributed by atoms with Crippen LogP contribution in [0.15, 0.2) is 5.16 Å². The molecule has 0 aliphatic rings. The van der Waals surface area contributed by atoms with Gasteiger partial charge in [-0.15, -0.1) is 10.2 Å². The van der Waals surface area contributed by atoms with Crippen LogP contribution in [0.2, 0.25) is 0 Å². The van der Waals surface area contributed by atoms with Gasteiger partial charge in [0, 0.05) is 19.3 Å². The molecule has 0 fully saturated rings. The van der Waals surface area contributed by atoms with Gasteiger partial charge in [-0.2, -0.15) is 0 Å². The van der Waals surface area contributed by atoms with E-state index >= 15 is 0 Å². The maximum absolute atomic E-state index is 5.67. The number of hydrogen-bond donors (Lipinski definition) is 1. The van der Waals surface area contributed by atoms with Crippen LogP contribution in [-0.2, 0) is 16.0 Å². The highest BCUT2D eigenvalue weighted by Gasteiger charge is 2.16. The number of rotatable bonds is 9. The average molecular weight is 288 g/mol. The zero-order valence-corrected chi connectivity index (χ0v) is 12.9. The maximum atomic E-state index is 5.67. The highest BCUT2D eigenvalue weighted by Crippen LogP contribution is 2.22. The molecule has 2 N–H and O–H groups in total. The van der Waals surface area contributed by atoms with E-state index in [1.807, 2.05) is 13.8 Å². The van der Waals surface area contributed by atoms with E-state index in [-0.39, 0.29) is 12.3 Å². The quantitative estimate of drug-likeness (QED) is 0.552. The van der Waals surface area contributed by atoms with Crippen molar-refractivity contribution in [1.82, 2.24) is 14.8 Å². The van der Waals surface area contributed by atoms with Crippen molar-refractivity contribution < 1.29 is 9.47 Å². The van der Waals surface area contributed by atoms with E-state index in [0.29, 0.717) is 25.5 Å². The Morgan fingerprint density at radius 3 is 2.32 bits per heavy atom. The van der Waals surface area contributed by atoms with Gasteiger partial charge in [-0.05, 0) is 27.7 Å². The molecule has 0 aliphatic carbocycles. The summed E-state index contributed by atoms with van der Waals surface area (Å²) >= 11 is 1.58. The van der Waals surface area contributed by atoms with Crippen molar-refractivity contribution in [1.29, 1.82) is 0 Å². The molecular formula is C12H24N4O2S. The first-order chi connectivity index (χ1) is 9.13. The molecule has 0 saturated carbocycles. The van der Waals surface area contributed by atoms with E-state index in [0.717, 1.165) is 11.0 Å². The number of thioether (sulfide) groups is 1. The standard InChI is InChI=1S/C12H24N4O2S/c1-5-17-11(18-6-2)8-19-12-15-14-10(7-13)16(12)9(3)4/h9,11H,5-8,13H2,1-4H3. The number of nitrogens with zero attached hydrogens (tertiary/aromatic N) is 3. The molecule has 110 valence electrons. The SMILES string of the molecule is CCOC(CSc1nnc(CN)n1C(C)C)OCC. The summed E-state index contributed by atoms with van der Waals surface area (Å²) in [5, 5.41) is 9.16. The van der Waals surface area contributed by atoms with Gasteiger partial charge in [0.25, 0.3) is 0 Å². The Kier molecular flexibility index (Phi) is 7.37. The Balaban J connectivity index is 2.68. The van der Waals surface area contributed by atoms with Crippen LogP contribution in [0.1, 0.15) is 39.6 Å². The van der Waals surface area contributed by atoms with Crippen molar-refractivity contribution in [2.75, 3.05) is 19.0 Å². The van der Waals surface area contributed by atoms with Crippen molar-refractivity contribution in [2.45, 2.75) is 51.7 Å². The summed E-state index contributed by atoms with van der Waals surface area (Å²) in [6, 6.07) is 0.286. The lowest BCUT2D eigenvalue weighted by atomic mass is 10.4. The largest absolute Gasteiger partial charge is 0.352 e. The molecule has 0 unspecified atom stereocenters. The number of ether oxygens (including phenoxy) is 2. The van der Waals surface area contributed by atoms with Crippen LogP contribution >= 0.6 is 11.8 Å². The van der Waals surface area contributed by atoms with Crippen LogP contribution in [0.5, 0.6) is 0 Å². The minimum atomic E-state index is -0.210. The third-order valence-corrected chi connectivity index (χ3v) is 3.46. The van der Waals surface area contributed by atoms with Gasteiger partial charge in [0.2, 0.25) is 0 Å². The minimum absolute atomic E-state index is 0.210. The molecule has 0 spiro atoms. The van der Waals surface area contributed by atoms with Crippen molar-refractivity contribution >= 4 is 11.8 Å². The lowest BCUT2D eigenvalue weighted by Gasteiger charge is -2.17. The highest BCUT2D eigenvalue weighted by molar-refractivity contribution is 7.99. The Morgan fingerprint density at radius 1 is 1.21 bits per heavy atom. The van der Waals surface area contributed by atoms with E-state index in [1.54, 1.807) is 11.8 Å². The fourth-order valence-electron chi connectivity index (χ4n) is 1.72. The number of nitrogens with two attached hydrogens (primary N) is 1. The van der Waals surface area contributed by atoms with E-state index < -0.39 is 0 Å². The monoisotopic (exact) mass is 288 g/mol. The fourth-order valence-corrected chi connectivity index (χ4v) is 2.75. The summed E-state index contributed by atoms with van der Waals surface area (Å²) in [6.45, 7) is 9.77. The van der Waals surface area contributed by atoms with Gasteiger partial charge in [-0.3, -0.25) is 0 Å². The molecule has 19 heavy (non-hydrogen) atoms. The second-order valence-corrected chi connectivity index (χ2v) is 5.21. The third kappa shape index (κ3) is 4.76. The minimum Gasteiger partial charge on any atom is -0.352 e. The van der Waals surface area contributed by atoms with Crippen LogP contribution in [-0.4, -0.2) is 40.0 Å². The molecule has 6 nitrogen and oxygen atoms in total. The molecule has 1 aromatic rings. The summed E-state index contributed by atoms with van der Waals surface area (Å²) in [5.74, 6) is 1.50. The van der Waals surface area contributed by atoms with Crippen LogP contribution < -0.4 is 5.73 Å². The van der Waals surface area contributed by atoms with Crippen molar-refractivity contribution in [3.63, 3.8) is 0 Å². The normalized spacial score (nSPS) is 11.7. The van der Waals surface area contributed by atoms with E-state index in [2.05, 4.69) is 28.6 Å². The van der Waals surface area contributed by atoms with E-state index in [1.165, 1.54) is 0 Å². The molecule has 0 aliphatic heterocycles. The van der Waals surface area contributed by atoms with Crippen LogP contribution in [0.4, 0.5) is 0 Å². The molecule has 0 aromatic carbocycles. The van der Waals surface area contributed by atoms with E-state index in [9.17, 15) is 0 Å². The predicted octanol–water partition coefficient (Wildman–Crippen LogP) is 1.81. The summed E-state index contributed by atoms with van der Waals surface area (Å²) in [4.78, 5) is 0. The van der Waals surface area contributed by atoms with Crippen LogP contribution in [0.25, 0.3) is 0 Å².